The van der Waals surface area contributed by atoms with Gasteiger partial charge in [-0.25, -0.2) is 4.79 Å². The summed E-state index contributed by atoms with van der Waals surface area (Å²) in [4.78, 5) is 15.0. The van der Waals surface area contributed by atoms with Gasteiger partial charge < -0.3 is 24.1 Å². The highest BCUT2D eigenvalue weighted by atomic mass is 16.7. The first kappa shape index (κ1) is 19.7. The number of aliphatic hydroxyl groups excluding tert-OH is 1. The number of benzene rings is 1. The Morgan fingerprint density at radius 3 is 2.70 bits per heavy atom. The highest BCUT2D eigenvalue weighted by Gasteiger charge is 2.61. The molecule has 30 heavy (non-hydrogen) atoms. The Labute approximate surface area is 176 Å². The molecule has 3 heterocycles. The number of nitrogens with zero attached hydrogens (tertiary/aromatic N) is 1. The van der Waals surface area contributed by atoms with Gasteiger partial charge in [0.2, 0.25) is 6.79 Å². The third-order valence-electron chi connectivity index (χ3n) is 6.71. The quantitative estimate of drug-likeness (QED) is 0.706. The average Bonchev–Trinajstić information content (AvgIpc) is 3.31. The van der Waals surface area contributed by atoms with Crippen molar-refractivity contribution in [2.75, 3.05) is 19.9 Å². The minimum atomic E-state index is -0.885. The number of fused-ring (bicyclic) bond motifs is 3. The first-order valence-corrected chi connectivity index (χ1v) is 10.7. The molecule has 0 bridgehead atoms. The predicted molar refractivity (Wildman–Crippen MR) is 110 cm³/mol. The van der Waals surface area contributed by atoms with Crippen LogP contribution in [0.4, 0.5) is 4.79 Å². The summed E-state index contributed by atoms with van der Waals surface area (Å²) in [5.74, 6) is 1.49. The van der Waals surface area contributed by atoms with Gasteiger partial charge in [-0.2, -0.15) is 0 Å². The first-order chi connectivity index (χ1) is 14.2. The van der Waals surface area contributed by atoms with E-state index in [2.05, 4.69) is 11.0 Å². The number of aliphatic hydroxyl groups is 1. The van der Waals surface area contributed by atoms with Crippen molar-refractivity contribution in [1.29, 1.82) is 0 Å². The van der Waals surface area contributed by atoms with Gasteiger partial charge in [0.05, 0.1) is 5.54 Å². The van der Waals surface area contributed by atoms with Crippen LogP contribution in [-0.2, 0) is 15.9 Å². The van der Waals surface area contributed by atoms with Crippen molar-refractivity contribution in [1.82, 2.24) is 4.90 Å². The molecule has 1 fully saturated rings. The van der Waals surface area contributed by atoms with E-state index in [1.807, 2.05) is 13.0 Å². The van der Waals surface area contributed by atoms with E-state index < -0.39 is 29.5 Å². The van der Waals surface area contributed by atoms with Crippen molar-refractivity contribution in [2.45, 2.75) is 70.3 Å². The molecule has 7 heteroatoms. The SMILES string of the molecule is CC1=C2c3cc4c(cc3CCN3CCC[C@]23C(OC(=O)OC(C)(C)C)[C@@H]1O)OCO4. The van der Waals surface area contributed by atoms with Crippen molar-refractivity contribution in [3.05, 3.63) is 28.8 Å². The lowest BCUT2D eigenvalue weighted by atomic mass is 9.81. The van der Waals surface area contributed by atoms with Crippen LogP contribution >= 0.6 is 0 Å². The highest BCUT2D eigenvalue weighted by Crippen LogP contribution is 2.55. The summed E-state index contributed by atoms with van der Waals surface area (Å²) in [6.45, 7) is 9.30. The molecule has 0 amide bonds. The Morgan fingerprint density at radius 1 is 1.23 bits per heavy atom. The van der Waals surface area contributed by atoms with E-state index in [9.17, 15) is 9.90 Å². The molecule has 1 unspecified atom stereocenters. The number of carbonyl (C=O) groups is 1. The fraction of sp³-hybridized carbons (Fsp3) is 0.609. The number of rotatable bonds is 1. The minimum Gasteiger partial charge on any atom is -0.454 e. The van der Waals surface area contributed by atoms with Gasteiger partial charge in [-0.15, -0.1) is 0 Å². The summed E-state index contributed by atoms with van der Waals surface area (Å²) in [5, 5.41) is 11.2. The van der Waals surface area contributed by atoms with Crippen molar-refractivity contribution in [3.8, 4) is 11.5 Å². The molecule has 7 nitrogen and oxygen atoms in total. The molecule has 1 saturated heterocycles. The van der Waals surface area contributed by atoms with E-state index in [1.54, 1.807) is 20.8 Å². The number of carbonyl (C=O) groups excluding carboxylic acids is 1. The van der Waals surface area contributed by atoms with Crippen molar-refractivity contribution >= 4 is 11.7 Å². The van der Waals surface area contributed by atoms with Crippen LogP contribution in [-0.4, -0.2) is 59.4 Å². The van der Waals surface area contributed by atoms with Crippen LogP contribution in [0.3, 0.4) is 0 Å². The van der Waals surface area contributed by atoms with Crippen LogP contribution in [0.15, 0.2) is 17.7 Å². The topological polar surface area (TPSA) is 77.5 Å². The van der Waals surface area contributed by atoms with Gasteiger partial charge in [-0.1, -0.05) is 0 Å². The summed E-state index contributed by atoms with van der Waals surface area (Å²) >= 11 is 0. The Balaban J connectivity index is 1.60. The molecule has 1 aromatic rings. The Kier molecular flexibility index (Phi) is 4.35. The van der Waals surface area contributed by atoms with E-state index in [4.69, 9.17) is 18.9 Å². The lowest BCUT2D eigenvalue weighted by Gasteiger charge is -2.41. The molecule has 4 aliphatic rings. The highest BCUT2D eigenvalue weighted by molar-refractivity contribution is 5.84. The summed E-state index contributed by atoms with van der Waals surface area (Å²) in [7, 11) is 0. The van der Waals surface area contributed by atoms with E-state index in [0.717, 1.165) is 60.6 Å². The molecule has 0 saturated carbocycles. The van der Waals surface area contributed by atoms with E-state index in [0.29, 0.717) is 0 Å². The largest absolute Gasteiger partial charge is 0.509 e. The van der Waals surface area contributed by atoms with Crippen LogP contribution in [0.25, 0.3) is 5.57 Å². The third kappa shape index (κ3) is 2.82. The zero-order valence-electron chi connectivity index (χ0n) is 18.0. The van der Waals surface area contributed by atoms with Gasteiger partial charge in [-0.3, -0.25) is 4.90 Å². The van der Waals surface area contributed by atoms with Crippen molar-refractivity contribution < 1.29 is 28.8 Å². The van der Waals surface area contributed by atoms with Gasteiger partial charge in [-0.05, 0) is 87.9 Å². The molecular weight excluding hydrogens is 386 g/mol. The van der Waals surface area contributed by atoms with Crippen molar-refractivity contribution in [3.63, 3.8) is 0 Å². The third-order valence-corrected chi connectivity index (χ3v) is 6.71. The molecule has 1 aromatic carbocycles. The lowest BCUT2D eigenvalue weighted by Crippen LogP contribution is -2.55. The zero-order valence-corrected chi connectivity index (χ0v) is 18.0. The van der Waals surface area contributed by atoms with Gasteiger partial charge in [0.1, 0.15) is 11.7 Å². The van der Waals surface area contributed by atoms with Crippen LogP contribution in [0, 0.1) is 0 Å². The maximum atomic E-state index is 12.6. The second kappa shape index (κ2) is 6.62. The Hall–Kier alpha value is -2.25. The van der Waals surface area contributed by atoms with Gasteiger partial charge in [0.15, 0.2) is 17.6 Å². The molecule has 1 aliphatic carbocycles. The molecule has 1 N–H and O–H groups in total. The smallest absolute Gasteiger partial charge is 0.454 e. The normalized spacial score (nSPS) is 29.9. The lowest BCUT2D eigenvalue weighted by molar-refractivity contribution is -0.0809. The predicted octanol–water partition coefficient (Wildman–Crippen LogP) is 3.27. The van der Waals surface area contributed by atoms with Gasteiger partial charge >= 0.3 is 6.16 Å². The Bertz CT molecular complexity index is 932. The molecule has 3 atom stereocenters. The number of ether oxygens (including phenoxy) is 4. The van der Waals surface area contributed by atoms with E-state index >= 15 is 0 Å². The van der Waals surface area contributed by atoms with Gasteiger partial charge in [0, 0.05) is 6.54 Å². The van der Waals surface area contributed by atoms with Crippen LogP contribution in [0.5, 0.6) is 11.5 Å². The van der Waals surface area contributed by atoms with Gasteiger partial charge in [0.25, 0.3) is 0 Å². The maximum Gasteiger partial charge on any atom is 0.509 e. The molecule has 0 aromatic heterocycles. The summed E-state index contributed by atoms with van der Waals surface area (Å²) < 4.78 is 22.5. The minimum absolute atomic E-state index is 0.223. The average molecular weight is 415 g/mol. The van der Waals surface area contributed by atoms with E-state index in [-0.39, 0.29) is 6.79 Å². The maximum absolute atomic E-state index is 12.6. The second-order valence-corrected chi connectivity index (χ2v) is 9.63. The summed E-state index contributed by atoms with van der Waals surface area (Å²) in [6.07, 6.45) is 0.331. The Morgan fingerprint density at radius 2 is 1.97 bits per heavy atom. The van der Waals surface area contributed by atoms with Crippen LogP contribution < -0.4 is 9.47 Å². The van der Waals surface area contributed by atoms with Crippen LogP contribution in [0.2, 0.25) is 0 Å². The molecule has 5 rings (SSSR count). The fourth-order valence-corrected chi connectivity index (χ4v) is 5.60. The fourth-order valence-electron chi connectivity index (χ4n) is 5.60. The van der Waals surface area contributed by atoms with E-state index in [1.165, 1.54) is 5.56 Å². The number of hydrogen-bond acceptors (Lipinski definition) is 7. The standard InChI is InChI=1S/C23H29NO6/c1-13-18-15-11-17-16(27-12-28-17)10-14(15)6-9-24-8-5-7-23(18,24)20(19(13)25)29-21(26)30-22(2,3)4/h10-11,19-20,25H,5-9,12H2,1-4H3/t19-,20?,23-/m1/s1. The van der Waals surface area contributed by atoms with Crippen molar-refractivity contribution in [2.24, 2.45) is 0 Å². The summed E-state index contributed by atoms with van der Waals surface area (Å²) in [5.41, 5.74) is 2.93. The molecular formula is C23H29NO6. The number of hydrogen-bond donors (Lipinski definition) is 1. The molecule has 1 spiro atoms. The second-order valence-electron chi connectivity index (χ2n) is 9.63. The molecule has 0 radical (unpaired) electrons. The summed E-state index contributed by atoms with van der Waals surface area (Å²) in [6, 6.07) is 4.09. The first-order valence-electron chi connectivity index (χ1n) is 10.7. The molecule has 3 aliphatic heterocycles. The monoisotopic (exact) mass is 415 g/mol. The van der Waals surface area contributed by atoms with Crippen LogP contribution in [0.1, 0.15) is 51.7 Å². The molecule has 162 valence electrons. The zero-order chi connectivity index (χ0) is 21.3.